The van der Waals surface area contributed by atoms with Gasteiger partial charge in [-0.05, 0) is 58.0 Å². The molecular formula is C14H15IN4O2. The largest absolute Gasteiger partial charge is 0.481 e. The van der Waals surface area contributed by atoms with Crippen molar-refractivity contribution in [3.05, 3.63) is 27.8 Å². The lowest BCUT2D eigenvalue weighted by Gasteiger charge is -2.23. The van der Waals surface area contributed by atoms with Gasteiger partial charge in [-0.3, -0.25) is 4.79 Å². The Morgan fingerprint density at radius 2 is 2.14 bits per heavy atom. The first kappa shape index (κ1) is 14.4. The Bertz CT molecular complexity index is 664. The van der Waals surface area contributed by atoms with E-state index in [4.69, 9.17) is 0 Å². The molecule has 110 valence electrons. The van der Waals surface area contributed by atoms with Gasteiger partial charge in [0.1, 0.15) is 0 Å². The van der Waals surface area contributed by atoms with Crippen LogP contribution in [0.25, 0.3) is 11.4 Å². The molecule has 3 rings (SSSR count). The van der Waals surface area contributed by atoms with E-state index >= 15 is 0 Å². The monoisotopic (exact) mass is 398 g/mol. The third-order valence-electron chi connectivity index (χ3n) is 4.08. The minimum atomic E-state index is -0.746. The maximum atomic E-state index is 11.7. The number of tetrazole rings is 1. The van der Waals surface area contributed by atoms with Crippen LogP contribution in [-0.2, 0) is 11.3 Å². The summed E-state index contributed by atoms with van der Waals surface area (Å²) in [6, 6.07) is 7.86. The summed E-state index contributed by atoms with van der Waals surface area (Å²) in [5.41, 5.74) is 0.178. The molecule has 1 N–H and O–H groups in total. The molecule has 0 aliphatic heterocycles. The molecule has 7 heteroatoms. The topological polar surface area (TPSA) is 80.9 Å². The van der Waals surface area contributed by atoms with Crippen LogP contribution in [0.15, 0.2) is 24.3 Å². The van der Waals surface area contributed by atoms with Crippen molar-refractivity contribution in [2.24, 2.45) is 5.41 Å². The zero-order chi connectivity index (χ0) is 14.9. The van der Waals surface area contributed by atoms with Gasteiger partial charge >= 0.3 is 5.97 Å². The number of halogens is 1. The van der Waals surface area contributed by atoms with Crippen molar-refractivity contribution < 1.29 is 9.90 Å². The van der Waals surface area contributed by atoms with E-state index in [1.807, 2.05) is 24.3 Å². The maximum Gasteiger partial charge on any atom is 0.311 e. The maximum absolute atomic E-state index is 11.7. The van der Waals surface area contributed by atoms with E-state index in [1.165, 1.54) is 0 Å². The van der Waals surface area contributed by atoms with Crippen molar-refractivity contribution in [1.29, 1.82) is 0 Å². The number of aromatic nitrogens is 4. The second kappa shape index (κ2) is 5.70. The molecule has 1 aromatic heterocycles. The Labute approximate surface area is 135 Å². The molecule has 0 unspecified atom stereocenters. The molecule has 1 aromatic carbocycles. The molecular weight excluding hydrogens is 383 g/mol. The Balaban J connectivity index is 1.94. The van der Waals surface area contributed by atoms with E-state index in [0.717, 1.165) is 22.0 Å². The summed E-state index contributed by atoms with van der Waals surface area (Å²) in [5, 5.41) is 21.4. The fourth-order valence-electron chi connectivity index (χ4n) is 2.92. The molecule has 0 radical (unpaired) electrons. The quantitative estimate of drug-likeness (QED) is 0.801. The molecule has 0 atom stereocenters. The number of carboxylic acids is 1. The molecule has 0 spiro atoms. The molecule has 1 fully saturated rings. The number of carboxylic acid groups (broad SMARTS) is 1. The average molecular weight is 398 g/mol. The van der Waals surface area contributed by atoms with Crippen LogP contribution in [0.5, 0.6) is 0 Å². The highest BCUT2D eigenvalue weighted by atomic mass is 127. The molecule has 1 aliphatic carbocycles. The summed E-state index contributed by atoms with van der Waals surface area (Å²) in [7, 11) is 0. The minimum absolute atomic E-state index is 0.330. The van der Waals surface area contributed by atoms with Gasteiger partial charge in [0, 0.05) is 9.13 Å². The van der Waals surface area contributed by atoms with E-state index in [2.05, 4.69) is 38.1 Å². The van der Waals surface area contributed by atoms with Gasteiger partial charge in [0.05, 0.1) is 12.0 Å². The summed E-state index contributed by atoms with van der Waals surface area (Å²) in [4.78, 5) is 11.7. The third kappa shape index (κ3) is 2.78. The fraction of sp³-hybridized carbons (Fsp3) is 0.429. The van der Waals surface area contributed by atoms with Crippen LogP contribution in [0.4, 0.5) is 0 Å². The Kier molecular flexibility index (Phi) is 3.92. The molecule has 0 amide bonds. The van der Waals surface area contributed by atoms with Crippen LogP contribution >= 0.6 is 22.6 Å². The number of rotatable bonds is 4. The van der Waals surface area contributed by atoms with E-state index in [0.29, 0.717) is 25.2 Å². The lowest BCUT2D eigenvalue weighted by molar-refractivity contribution is -0.149. The number of nitrogens with zero attached hydrogens (tertiary/aromatic N) is 4. The first-order valence-corrected chi connectivity index (χ1v) is 7.94. The van der Waals surface area contributed by atoms with Gasteiger partial charge < -0.3 is 5.11 Å². The molecule has 1 aliphatic rings. The Morgan fingerprint density at radius 3 is 2.81 bits per heavy atom. The van der Waals surface area contributed by atoms with Crippen LogP contribution in [0, 0.1) is 8.99 Å². The van der Waals surface area contributed by atoms with Crippen LogP contribution in [0.1, 0.15) is 25.7 Å². The molecule has 2 aromatic rings. The van der Waals surface area contributed by atoms with E-state index in [-0.39, 0.29) is 0 Å². The van der Waals surface area contributed by atoms with Crippen molar-refractivity contribution in [1.82, 2.24) is 20.2 Å². The fourth-order valence-corrected chi connectivity index (χ4v) is 3.47. The van der Waals surface area contributed by atoms with Crippen molar-refractivity contribution in [2.45, 2.75) is 32.2 Å². The lowest BCUT2D eigenvalue weighted by atomic mass is 9.86. The Morgan fingerprint density at radius 1 is 1.38 bits per heavy atom. The predicted molar refractivity (Wildman–Crippen MR) is 84.5 cm³/mol. The first-order valence-electron chi connectivity index (χ1n) is 6.86. The average Bonchev–Trinajstić information content (AvgIpc) is 3.09. The minimum Gasteiger partial charge on any atom is -0.481 e. The number of benzene rings is 1. The van der Waals surface area contributed by atoms with Crippen LogP contribution in [0.2, 0.25) is 0 Å². The van der Waals surface area contributed by atoms with Crippen molar-refractivity contribution in [2.75, 3.05) is 0 Å². The highest BCUT2D eigenvalue weighted by molar-refractivity contribution is 14.1. The summed E-state index contributed by atoms with van der Waals surface area (Å²) in [6.45, 7) is 0.330. The second-order valence-electron chi connectivity index (χ2n) is 5.46. The van der Waals surface area contributed by atoms with Gasteiger partial charge in [0.2, 0.25) is 0 Å². The molecule has 21 heavy (non-hydrogen) atoms. The SMILES string of the molecule is O=C(O)C1(Cn2nnnc2-c2cccc(I)c2)CCCC1. The van der Waals surface area contributed by atoms with Crippen molar-refractivity contribution in [3.63, 3.8) is 0 Å². The van der Waals surface area contributed by atoms with Gasteiger partial charge in [-0.15, -0.1) is 5.10 Å². The van der Waals surface area contributed by atoms with Crippen molar-refractivity contribution in [3.8, 4) is 11.4 Å². The summed E-state index contributed by atoms with van der Waals surface area (Å²) in [6.07, 6.45) is 3.28. The zero-order valence-corrected chi connectivity index (χ0v) is 13.5. The number of carbonyl (C=O) groups is 1. The number of hydrogen-bond acceptors (Lipinski definition) is 4. The van der Waals surface area contributed by atoms with Gasteiger partial charge in [0.15, 0.2) is 5.82 Å². The van der Waals surface area contributed by atoms with E-state index in [1.54, 1.807) is 4.68 Å². The smallest absolute Gasteiger partial charge is 0.311 e. The highest BCUT2D eigenvalue weighted by Crippen LogP contribution is 2.40. The molecule has 0 bridgehead atoms. The molecule has 1 heterocycles. The second-order valence-corrected chi connectivity index (χ2v) is 6.71. The van der Waals surface area contributed by atoms with Crippen LogP contribution in [0.3, 0.4) is 0 Å². The van der Waals surface area contributed by atoms with Crippen molar-refractivity contribution >= 4 is 28.6 Å². The van der Waals surface area contributed by atoms with Gasteiger partial charge in [0.25, 0.3) is 0 Å². The van der Waals surface area contributed by atoms with Crippen LogP contribution < -0.4 is 0 Å². The number of aliphatic carboxylic acids is 1. The standard InChI is InChI=1S/C14H15IN4O2/c15-11-5-3-4-10(8-11)12-16-17-18-19(12)9-14(13(20)21)6-1-2-7-14/h3-5,8H,1-2,6-7,9H2,(H,20,21). The number of hydrogen-bond donors (Lipinski definition) is 1. The normalized spacial score (nSPS) is 17.0. The van der Waals surface area contributed by atoms with Gasteiger partial charge in [-0.2, -0.15) is 0 Å². The van der Waals surface area contributed by atoms with Gasteiger partial charge in [-0.1, -0.05) is 25.0 Å². The zero-order valence-electron chi connectivity index (χ0n) is 11.4. The first-order chi connectivity index (χ1) is 10.1. The summed E-state index contributed by atoms with van der Waals surface area (Å²) in [5.74, 6) is -0.120. The van der Waals surface area contributed by atoms with Crippen LogP contribution in [-0.4, -0.2) is 31.3 Å². The highest BCUT2D eigenvalue weighted by Gasteiger charge is 2.42. The third-order valence-corrected chi connectivity index (χ3v) is 4.75. The molecule has 1 saturated carbocycles. The predicted octanol–water partition coefficient (Wildman–Crippen LogP) is 2.59. The molecule has 6 nitrogen and oxygen atoms in total. The lowest BCUT2D eigenvalue weighted by Crippen LogP contribution is -2.33. The molecule has 0 saturated heterocycles. The van der Waals surface area contributed by atoms with E-state index < -0.39 is 11.4 Å². The summed E-state index contributed by atoms with van der Waals surface area (Å²) < 4.78 is 2.72. The summed E-state index contributed by atoms with van der Waals surface area (Å²) >= 11 is 2.23. The Hall–Kier alpha value is -1.51. The van der Waals surface area contributed by atoms with E-state index in [9.17, 15) is 9.90 Å². The van der Waals surface area contributed by atoms with Gasteiger partial charge in [-0.25, -0.2) is 4.68 Å².